The van der Waals surface area contributed by atoms with Gasteiger partial charge in [-0.1, -0.05) is 11.6 Å². The maximum atomic E-state index is 11.7. The van der Waals surface area contributed by atoms with E-state index < -0.39 is 0 Å². The summed E-state index contributed by atoms with van der Waals surface area (Å²) in [6.07, 6.45) is 3.67. The second kappa shape index (κ2) is 4.86. The van der Waals surface area contributed by atoms with Crippen LogP contribution < -0.4 is 5.32 Å². The van der Waals surface area contributed by atoms with Crippen LogP contribution >= 0.6 is 23.4 Å². The Balaban J connectivity index is 2.02. The molecule has 0 aromatic carbocycles. The highest BCUT2D eigenvalue weighted by Gasteiger charge is 2.23. The van der Waals surface area contributed by atoms with Gasteiger partial charge in [-0.2, -0.15) is 0 Å². The summed E-state index contributed by atoms with van der Waals surface area (Å²) >= 11 is 7.54. The van der Waals surface area contributed by atoms with Crippen LogP contribution in [-0.2, 0) is 4.79 Å². The van der Waals surface area contributed by atoms with Gasteiger partial charge in [-0.15, -0.1) is 11.8 Å². The fourth-order valence-electron chi connectivity index (χ4n) is 1.48. The van der Waals surface area contributed by atoms with E-state index in [4.69, 9.17) is 11.6 Å². The van der Waals surface area contributed by atoms with Gasteiger partial charge in [-0.3, -0.25) is 4.79 Å². The van der Waals surface area contributed by atoms with E-state index in [0.29, 0.717) is 10.8 Å². The predicted molar refractivity (Wildman–Crippen MR) is 63.4 cm³/mol. The summed E-state index contributed by atoms with van der Waals surface area (Å²) in [5.41, 5.74) is 0.594. The Bertz CT molecular complexity index is 366. The molecule has 1 aromatic rings. The van der Waals surface area contributed by atoms with Gasteiger partial charge in [0.25, 0.3) is 0 Å². The second-order valence-electron chi connectivity index (χ2n) is 3.33. The highest BCUT2D eigenvalue weighted by molar-refractivity contribution is 8.00. The van der Waals surface area contributed by atoms with E-state index in [1.165, 1.54) is 0 Å². The fraction of sp³-hybridized carbons (Fsp3) is 0.400. The molecule has 1 unspecified atom stereocenters. The van der Waals surface area contributed by atoms with Crippen molar-refractivity contribution in [2.75, 3.05) is 11.1 Å². The van der Waals surface area contributed by atoms with E-state index in [0.717, 1.165) is 18.6 Å². The first-order valence-electron chi connectivity index (χ1n) is 4.80. The van der Waals surface area contributed by atoms with Crippen LogP contribution in [0.4, 0.5) is 5.69 Å². The molecule has 0 aliphatic carbocycles. The van der Waals surface area contributed by atoms with Crippen LogP contribution in [0, 0.1) is 0 Å². The van der Waals surface area contributed by atoms with E-state index in [1.807, 2.05) is 0 Å². The average molecular weight is 243 g/mol. The van der Waals surface area contributed by atoms with E-state index in [-0.39, 0.29) is 11.2 Å². The van der Waals surface area contributed by atoms with Crippen molar-refractivity contribution in [1.29, 1.82) is 0 Å². The molecule has 1 saturated heterocycles. The number of nitrogens with zero attached hydrogens (tertiary/aromatic N) is 1. The number of carbonyl (C=O) groups excluding carboxylic acids is 1. The second-order valence-corrected chi connectivity index (χ2v) is 5.00. The quantitative estimate of drug-likeness (QED) is 0.811. The number of anilines is 1. The van der Waals surface area contributed by atoms with Gasteiger partial charge in [0.1, 0.15) is 0 Å². The number of hydrogen-bond donors (Lipinski definition) is 1. The van der Waals surface area contributed by atoms with Gasteiger partial charge in [-0.05, 0) is 30.7 Å². The maximum Gasteiger partial charge on any atom is 0.237 e. The summed E-state index contributed by atoms with van der Waals surface area (Å²) in [7, 11) is 0. The molecule has 15 heavy (non-hydrogen) atoms. The Labute approximate surface area is 97.6 Å². The Kier molecular flexibility index (Phi) is 3.49. The first-order chi connectivity index (χ1) is 7.27. The van der Waals surface area contributed by atoms with Crippen molar-refractivity contribution in [2.24, 2.45) is 0 Å². The molecule has 3 nitrogen and oxygen atoms in total. The molecule has 1 N–H and O–H groups in total. The summed E-state index contributed by atoms with van der Waals surface area (Å²) in [6.45, 7) is 0. The Hall–Kier alpha value is -0.740. The van der Waals surface area contributed by atoms with E-state index in [1.54, 1.807) is 30.1 Å². The Morgan fingerprint density at radius 1 is 1.67 bits per heavy atom. The molecule has 0 bridgehead atoms. The molecule has 0 spiro atoms. The molecular weight excluding hydrogens is 232 g/mol. The molecule has 1 aliphatic heterocycles. The normalized spacial score (nSPS) is 20.2. The smallest absolute Gasteiger partial charge is 0.237 e. The van der Waals surface area contributed by atoms with Crippen molar-refractivity contribution in [3.63, 3.8) is 0 Å². The standard InChI is InChI=1S/C10H11ClN2OS/c11-9-7(3-1-5-12-9)13-10(14)8-4-2-6-15-8/h1,3,5,8H,2,4,6H2,(H,13,14). The van der Waals surface area contributed by atoms with Gasteiger partial charge in [-0.25, -0.2) is 4.98 Å². The summed E-state index contributed by atoms with van der Waals surface area (Å²) in [5.74, 6) is 1.10. The third kappa shape index (κ3) is 2.63. The van der Waals surface area contributed by atoms with Crippen LogP contribution in [-0.4, -0.2) is 21.9 Å². The van der Waals surface area contributed by atoms with Gasteiger partial charge in [0, 0.05) is 6.20 Å². The maximum absolute atomic E-state index is 11.7. The van der Waals surface area contributed by atoms with Gasteiger partial charge in [0.05, 0.1) is 10.9 Å². The van der Waals surface area contributed by atoms with Gasteiger partial charge >= 0.3 is 0 Å². The van der Waals surface area contributed by atoms with Crippen molar-refractivity contribution in [3.05, 3.63) is 23.5 Å². The fourth-order valence-corrected chi connectivity index (χ4v) is 2.81. The van der Waals surface area contributed by atoms with Gasteiger partial charge < -0.3 is 5.32 Å². The molecule has 1 fully saturated rings. The highest BCUT2D eigenvalue weighted by atomic mass is 35.5. The van der Waals surface area contributed by atoms with Crippen LogP contribution in [0.15, 0.2) is 18.3 Å². The topological polar surface area (TPSA) is 42.0 Å². The van der Waals surface area contributed by atoms with Crippen LogP contribution in [0.3, 0.4) is 0 Å². The van der Waals surface area contributed by atoms with Crippen molar-refractivity contribution in [3.8, 4) is 0 Å². The number of rotatable bonds is 2. The molecule has 5 heteroatoms. The first-order valence-corrected chi connectivity index (χ1v) is 6.23. The molecule has 0 radical (unpaired) electrons. The molecule has 0 saturated carbocycles. The van der Waals surface area contributed by atoms with Crippen molar-refractivity contribution >= 4 is 35.0 Å². The minimum Gasteiger partial charge on any atom is -0.322 e. The number of nitrogens with one attached hydrogen (secondary N) is 1. The molecular formula is C10H11ClN2OS. The number of halogens is 1. The molecule has 2 rings (SSSR count). The van der Waals surface area contributed by atoms with Crippen LogP contribution in [0.5, 0.6) is 0 Å². The van der Waals surface area contributed by atoms with Gasteiger partial charge in [0.2, 0.25) is 5.91 Å². The van der Waals surface area contributed by atoms with E-state index >= 15 is 0 Å². The summed E-state index contributed by atoms with van der Waals surface area (Å²) in [4.78, 5) is 15.7. The molecule has 1 amide bonds. The number of pyridine rings is 1. The lowest BCUT2D eigenvalue weighted by Crippen LogP contribution is -2.23. The number of aromatic nitrogens is 1. The van der Waals surface area contributed by atoms with Crippen LogP contribution in [0.2, 0.25) is 5.15 Å². The zero-order chi connectivity index (χ0) is 10.7. The minimum atomic E-state index is 0.0346. The van der Waals surface area contributed by atoms with Crippen LogP contribution in [0.1, 0.15) is 12.8 Å². The number of carbonyl (C=O) groups is 1. The number of hydrogen-bond acceptors (Lipinski definition) is 3. The lowest BCUT2D eigenvalue weighted by Gasteiger charge is -2.10. The molecule has 1 aromatic heterocycles. The first kappa shape index (κ1) is 10.8. The minimum absolute atomic E-state index is 0.0346. The van der Waals surface area contributed by atoms with Gasteiger partial charge in [0.15, 0.2) is 5.15 Å². The van der Waals surface area contributed by atoms with Crippen molar-refractivity contribution in [1.82, 2.24) is 4.98 Å². The zero-order valence-electron chi connectivity index (χ0n) is 8.07. The summed E-state index contributed by atoms with van der Waals surface area (Å²) in [6, 6.07) is 3.51. The highest BCUT2D eigenvalue weighted by Crippen LogP contribution is 2.28. The average Bonchev–Trinajstić information content (AvgIpc) is 2.74. The third-order valence-electron chi connectivity index (χ3n) is 2.24. The van der Waals surface area contributed by atoms with Crippen molar-refractivity contribution < 1.29 is 4.79 Å². The monoisotopic (exact) mass is 242 g/mol. The molecule has 1 aliphatic rings. The summed E-state index contributed by atoms with van der Waals surface area (Å²) < 4.78 is 0. The zero-order valence-corrected chi connectivity index (χ0v) is 9.64. The molecule has 2 heterocycles. The molecule has 80 valence electrons. The predicted octanol–water partition coefficient (Wildman–Crippen LogP) is 2.57. The third-order valence-corrected chi connectivity index (χ3v) is 3.92. The Morgan fingerprint density at radius 3 is 3.20 bits per heavy atom. The molecule has 1 atom stereocenters. The lowest BCUT2D eigenvalue weighted by molar-refractivity contribution is -0.115. The number of amides is 1. The number of thioether (sulfide) groups is 1. The summed E-state index contributed by atoms with van der Waals surface area (Å²) in [5, 5.41) is 3.21. The van der Waals surface area contributed by atoms with E-state index in [2.05, 4.69) is 10.3 Å². The largest absolute Gasteiger partial charge is 0.322 e. The van der Waals surface area contributed by atoms with Crippen molar-refractivity contribution in [2.45, 2.75) is 18.1 Å². The van der Waals surface area contributed by atoms with E-state index in [9.17, 15) is 4.79 Å². The van der Waals surface area contributed by atoms with Crippen LogP contribution in [0.25, 0.3) is 0 Å². The Morgan fingerprint density at radius 2 is 2.53 bits per heavy atom. The lowest BCUT2D eigenvalue weighted by atomic mass is 10.2. The SMILES string of the molecule is O=C(Nc1cccnc1Cl)C1CCCS1.